The Balaban J connectivity index is 4.37. The molecule has 0 bridgehead atoms. The minimum Gasteiger partial charge on any atom is -0.394 e. The summed E-state index contributed by atoms with van der Waals surface area (Å²) in [6.45, 7) is -0.0985. The fourth-order valence-corrected chi connectivity index (χ4v) is 0.739. The Morgan fingerprint density at radius 3 is 2.07 bits per heavy atom. The van der Waals surface area contributed by atoms with Crippen LogP contribution < -0.4 is 5.32 Å². The van der Waals surface area contributed by atoms with Crippen molar-refractivity contribution in [3.63, 3.8) is 0 Å². The SMILES string of the molecule is COC(C)C(=O)NC(CO)(CO)CO. The van der Waals surface area contributed by atoms with Crippen LogP contribution in [0.3, 0.4) is 0 Å². The van der Waals surface area contributed by atoms with Gasteiger partial charge in [-0.25, -0.2) is 0 Å². The molecule has 0 heterocycles. The number of ether oxygens (including phenoxy) is 1. The van der Waals surface area contributed by atoms with E-state index in [1.165, 1.54) is 14.0 Å². The maximum absolute atomic E-state index is 11.3. The summed E-state index contributed by atoms with van der Waals surface area (Å²) in [6, 6.07) is 0. The zero-order valence-electron chi connectivity index (χ0n) is 8.36. The summed E-state index contributed by atoms with van der Waals surface area (Å²) >= 11 is 0. The molecule has 0 aliphatic rings. The summed E-state index contributed by atoms with van der Waals surface area (Å²) in [6.07, 6.45) is -0.695. The molecule has 0 fully saturated rings. The molecule has 1 atom stereocenters. The number of aliphatic hydroxyl groups is 3. The lowest BCUT2D eigenvalue weighted by atomic mass is 10.0. The summed E-state index contributed by atoms with van der Waals surface area (Å²) < 4.78 is 4.73. The molecule has 4 N–H and O–H groups in total. The normalized spacial score (nSPS) is 13.8. The van der Waals surface area contributed by atoms with Crippen LogP contribution in [0.5, 0.6) is 0 Å². The summed E-state index contributed by atoms with van der Waals surface area (Å²) in [5.41, 5.74) is -1.39. The predicted octanol–water partition coefficient (Wildman–Crippen LogP) is -2.15. The fraction of sp³-hybridized carbons (Fsp3) is 0.875. The second-order valence-corrected chi connectivity index (χ2v) is 3.12. The quantitative estimate of drug-likeness (QED) is 0.398. The topological polar surface area (TPSA) is 99.0 Å². The Kier molecular flexibility index (Phi) is 5.63. The van der Waals surface area contributed by atoms with Crippen LogP contribution in [-0.4, -0.2) is 59.8 Å². The molecule has 0 aliphatic carbocycles. The second kappa shape index (κ2) is 5.92. The number of nitrogens with one attached hydrogen (secondary N) is 1. The zero-order chi connectivity index (χ0) is 11.2. The highest BCUT2D eigenvalue weighted by atomic mass is 16.5. The Bertz CT molecular complexity index is 172. The van der Waals surface area contributed by atoms with Crippen molar-refractivity contribution in [1.82, 2.24) is 5.32 Å². The van der Waals surface area contributed by atoms with Crippen LogP contribution in [-0.2, 0) is 9.53 Å². The lowest BCUT2D eigenvalue weighted by Gasteiger charge is -2.29. The van der Waals surface area contributed by atoms with Gasteiger partial charge in [0.25, 0.3) is 0 Å². The molecule has 0 aliphatic heterocycles. The third-order valence-electron chi connectivity index (χ3n) is 2.02. The van der Waals surface area contributed by atoms with Gasteiger partial charge in [-0.3, -0.25) is 4.79 Å². The van der Waals surface area contributed by atoms with E-state index in [2.05, 4.69) is 5.32 Å². The van der Waals surface area contributed by atoms with Gasteiger partial charge in [0.2, 0.25) is 5.91 Å². The molecule has 0 radical (unpaired) electrons. The number of methoxy groups -OCH3 is 1. The lowest BCUT2D eigenvalue weighted by Crippen LogP contribution is -2.59. The second-order valence-electron chi connectivity index (χ2n) is 3.12. The molecule has 6 nitrogen and oxygen atoms in total. The molecule has 0 saturated heterocycles. The van der Waals surface area contributed by atoms with Crippen LogP contribution in [0.2, 0.25) is 0 Å². The summed E-state index contributed by atoms with van der Waals surface area (Å²) in [5.74, 6) is -0.496. The number of carbonyl (C=O) groups excluding carboxylic acids is 1. The Labute approximate surface area is 82.5 Å². The first-order valence-corrected chi connectivity index (χ1v) is 4.22. The van der Waals surface area contributed by atoms with Gasteiger partial charge in [0.1, 0.15) is 11.6 Å². The molecule has 14 heavy (non-hydrogen) atoms. The number of aliphatic hydroxyl groups excluding tert-OH is 3. The monoisotopic (exact) mass is 207 g/mol. The molecular weight excluding hydrogens is 190 g/mol. The number of hydrogen-bond acceptors (Lipinski definition) is 5. The Morgan fingerprint density at radius 1 is 1.36 bits per heavy atom. The summed E-state index contributed by atoms with van der Waals surface area (Å²) in [5, 5.41) is 29.0. The first-order valence-electron chi connectivity index (χ1n) is 4.22. The lowest BCUT2D eigenvalue weighted by molar-refractivity contribution is -0.134. The standard InChI is InChI=1S/C8H17NO5/c1-6(14-2)7(13)9-8(3-10,4-11)5-12/h6,10-12H,3-5H2,1-2H3,(H,9,13). The van der Waals surface area contributed by atoms with Gasteiger partial charge in [-0.2, -0.15) is 0 Å². The first-order chi connectivity index (χ1) is 6.55. The van der Waals surface area contributed by atoms with Gasteiger partial charge >= 0.3 is 0 Å². The average molecular weight is 207 g/mol. The van der Waals surface area contributed by atoms with Crippen molar-refractivity contribution >= 4 is 5.91 Å². The molecule has 0 aromatic carbocycles. The van der Waals surface area contributed by atoms with Crippen LogP contribution in [0, 0.1) is 0 Å². The Hall–Kier alpha value is -0.690. The van der Waals surface area contributed by atoms with Gasteiger partial charge in [0.15, 0.2) is 0 Å². The van der Waals surface area contributed by atoms with Gasteiger partial charge in [0, 0.05) is 7.11 Å². The van der Waals surface area contributed by atoms with Crippen LogP contribution in [0.25, 0.3) is 0 Å². The van der Waals surface area contributed by atoms with E-state index in [0.717, 1.165) is 0 Å². The van der Waals surface area contributed by atoms with Crippen molar-refractivity contribution in [2.45, 2.75) is 18.6 Å². The largest absolute Gasteiger partial charge is 0.394 e. The summed E-state index contributed by atoms with van der Waals surface area (Å²) in [7, 11) is 1.36. The Morgan fingerprint density at radius 2 is 1.79 bits per heavy atom. The minimum atomic E-state index is -1.39. The van der Waals surface area contributed by atoms with Crippen LogP contribution in [0.1, 0.15) is 6.92 Å². The van der Waals surface area contributed by atoms with E-state index in [1.54, 1.807) is 0 Å². The van der Waals surface area contributed by atoms with Crippen molar-refractivity contribution in [1.29, 1.82) is 0 Å². The van der Waals surface area contributed by atoms with Crippen LogP contribution in [0.15, 0.2) is 0 Å². The molecule has 84 valence electrons. The number of hydrogen-bond donors (Lipinski definition) is 4. The highest BCUT2D eigenvalue weighted by molar-refractivity contribution is 5.81. The molecule has 6 heteroatoms. The third kappa shape index (κ3) is 3.22. The fourth-order valence-electron chi connectivity index (χ4n) is 0.739. The molecule has 0 aromatic heterocycles. The molecular formula is C8H17NO5. The number of amides is 1. The molecule has 0 aromatic rings. The predicted molar refractivity (Wildman–Crippen MR) is 48.6 cm³/mol. The number of carbonyl (C=O) groups is 1. The van der Waals surface area contributed by atoms with Gasteiger partial charge in [-0.15, -0.1) is 0 Å². The van der Waals surface area contributed by atoms with E-state index in [-0.39, 0.29) is 0 Å². The molecule has 1 amide bonds. The highest BCUT2D eigenvalue weighted by Crippen LogP contribution is 2.02. The maximum atomic E-state index is 11.3. The van der Waals surface area contributed by atoms with E-state index in [1.807, 2.05) is 0 Å². The van der Waals surface area contributed by atoms with E-state index in [9.17, 15) is 4.79 Å². The van der Waals surface area contributed by atoms with Crippen LogP contribution >= 0.6 is 0 Å². The van der Waals surface area contributed by atoms with Gasteiger partial charge in [0.05, 0.1) is 19.8 Å². The highest BCUT2D eigenvalue weighted by Gasteiger charge is 2.31. The van der Waals surface area contributed by atoms with Crippen molar-refractivity contribution in [3.8, 4) is 0 Å². The average Bonchev–Trinajstić information content (AvgIpc) is 2.24. The molecule has 0 saturated carbocycles. The molecule has 0 rings (SSSR count). The molecule has 0 spiro atoms. The van der Waals surface area contributed by atoms with Crippen molar-refractivity contribution in [2.24, 2.45) is 0 Å². The van der Waals surface area contributed by atoms with Gasteiger partial charge < -0.3 is 25.4 Å². The smallest absolute Gasteiger partial charge is 0.249 e. The van der Waals surface area contributed by atoms with Crippen molar-refractivity contribution < 1.29 is 24.9 Å². The van der Waals surface area contributed by atoms with Crippen molar-refractivity contribution in [2.75, 3.05) is 26.9 Å². The zero-order valence-corrected chi connectivity index (χ0v) is 8.36. The summed E-state index contributed by atoms with van der Waals surface area (Å²) in [4.78, 5) is 11.3. The van der Waals surface area contributed by atoms with E-state index < -0.39 is 37.4 Å². The minimum absolute atomic E-state index is 0.496. The van der Waals surface area contributed by atoms with Gasteiger partial charge in [-0.1, -0.05) is 0 Å². The molecule has 1 unspecified atom stereocenters. The van der Waals surface area contributed by atoms with E-state index in [4.69, 9.17) is 20.1 Å². The van der Waals surface area contributed by atoms with Crippen LogP contribution in [0.4, 0.5) is 0 Å². The third-order valence-corrected chi connectivity index (χ3v) is 2.02. The maximum Gasteiger partial charge on any atom is 0.249 e. The number of rotatable bonds is 6. The first kappa shape index (κ1) is 13.3. The van der Waals surface area contributed by atoms with Crippen molar-refractivity contribution in [3.05, 3.63) is 0 Å². The van der Waals surface area contributed by atoms with E-state index in [0.29, 0.717) is 0 Å². The van der Waals surface area contributed by atoms with E-state index >= 15 is 0 Å². The van der Waals surface area contributed by atoms with Gasteiger partial charge in [-0.05, 0) is 6.92 Å².